The number of aromatic nitrogens is 1. The standard InChI is InChI=1S/C21H25N5.C4H5FO/c1-5-14-10-19-16(8-13(2)25-19)9-17(14)20-11-15(6-7-23-3)18(12-24-4)21(22)26-20;5-4-1-3(4)2-6/h6,9-12,23,25H,2,4-5,7-8H2,1,3H3,(H2,22,26);2-4H,1H2/b15-6-,18-12+;. The van der Waals surface area contributed by atoms with Crippen LogP contribution in [0.5, 0.6) is 0 Å². The number of pyridine rings is 1. The van der Waals surface area contributed by atoms with Gasteiger partial charge in [-0.15, -0.1) is 0 Å². The molecule has 0 bridgehead atoms. The fourth-order valence-corrected chi connectivity index (χ4v) is 3.62. The first-order valence-electron chi connectivity index (χ1n) is 10.7. The first-order valence-corrected chi connectivity index (χ1v) is 10.7. The van der Waals surface area contributed by atoms with Crippen molar-refractivity contribution in [2.24, 2.45) is 10.9 Å². The molecule has 0 spiro atoms. The van der Waals surface area contributed by atoms with Crippen molar-refractivity contribution < 1.29 is 9.18 Å². The third-order valence-electron chi connectivity index (χ3n) is 5.50. The predicted molar refractivity (Wildman–Crippen MR) is 131 cm³/mol. The molecule has 1 aromatic carbocycles. The Hall–Kier alpha value is -3.32. The Bertz CT molecular complexity index is 1160. The summed E-state index contributed by atoms with van der Waals surface area (Å²) in [5, 5.41) is 8.28. The third kappa shape index (κ3) is 5.29. The Balaban J connectivity index is 0.000000416. The molecule has 32 heavy (non-hydrogen) atoms. The molecule has 4 N–H and O–H groups in total. The van der Waals surface area contributed by atoms with Crippen LogP contribution in [0.3, 0.4) is 0 Å². The van der Waals surface area contributed by atoms with Crippen molar-refractivity contribution in [2.75, 3.05) is 24.6 Å². The summed E-state index contributed by atoms with van der Waals surface area (Å²) in [6, 6.07) is 6.48. The van der Waals surface area contributed by atoms with Gasteiger partial charge < -0.3 is 21.2 Å². The van der Waals surface area contributed by atoms with Gasteiger partial charge >= 0.3 is 0 Å². The normalized spacial score (nSPS) is 19.7. The Labute approximate surface area is 187 Å². The van der Waals surface area contributed by atoms with E-state index < -0.39 is 6.17 Å². The van der Waals surface area contributed by atoms with E-state index in [1.807, 2.05) is 7.05 Å². The molecule has 2 unspecified atom stereocenters. The molecule has 1 aromatic heterocycles. The van der Waals surface area contributed by atoms with Crippen molar-refractivity contribution in [1.29, 1.82) is 0 Å². The topological polar surface area (TPSA) is 92.4 Å². The van der Waals surface area contributed by atoms with Crippen LogP contribution in [0.1, 0.15) is 24.5 Å². The Kier molecular flexibility index (Phi) is 7.53. The van der Waals surface area contributed by atoms with E-state index in [1.165, 1.54) is 11.1 Å². The number of nitrogens with zero attached hydrogens (tertiary/aromatic N) is 2. The molecule has 2 aromatic rings. The van der Waals surface area contributed by atoms with Gasteiger partial charge in [-0.25, -0.2) is 9.37 Å². The SMILES string of the molecule is C=N/C=c1/c(N)nc(-c2cc3c(cc2CC)NC(=C)C3)c/c1=C/CNC.O=CC1CC1F. The first-order chi connectivity index (χ1) is 15.4. The van der Waals surface area contributed by atoms with Crippen LogP contribution >= 0.6 is 0 Å². The van der Waals surface area contributed by atoms with Gasteiger partial charge in [0, 0.05) is 47.2 Å². The maximum absolute atomic E-state index is 11.5. The van der Waals surface area contributed by atoms with E-state index in [0.717, 1.165) is 52.5 Å². The van der Waals surface area contributed by atoms with Crippen LogP contribution in [-0.4, -0.2) is 37.8 Å². The number of allylic oxidation sites excluding steroid dienone is 1. The van der Waals surface area contributed by atoms with Crippen LogP contribution < -0.4 is 26.8 Å². The molecule has 4 rings (SSSR count). The summed E-state index contributed by atoms with van der Waals surface area (Å²) in [6.45, 7) is 10.5. The average Bonchev–Trinajstić information content (AvgIpc) is 3.38. The molecule has 2 heterocycles. The number of carbonyl (C=O) groups is 1. The minimum Gasteiger partial charge on any atom is -0.383 e. The van der Waals surface area contributed by atoms with Crippen LogP contribution in [-0.2, 0) is 17.6 Å². The zero-order valence-electron chi connectivity index (χ0n) is 18.6. The van der Waals surface area contributed by atoms with E-state index in [9.17, 15) is 9.18 Å². The number of rotatable bonds is 6. The molecular weight excluding hydrogens is 405 g/mol. The van der Waals surface area contributed by atoms with E-state index in [1.54, 1.807) is 6.20 Å². The van der Waals surface area contributed by atoms with Crippen molar-refractivity contribution >= 4 is 36.8 Å². The number of aryl methyl sites for hydroxylation is 1. The molecule has 0 saturated heterocycles. The van der Waals surface area contributed by atoms with Gasteiger partial charge in [-0.2, -0.15) is 0 Å². The molecule has 1 aliphatic carbocycles. The zero-order valence-corrected chi connectivity index (χ0v) is 18.6. The molecule has 2 aliphatic rings. The molecular formula is C25H30FN5O. The maximum Gasteiger partial charge on any atom is 0.133 e. The number of aliphatic imine (C=N–C) groups is 1. The quantitative estimate of drug-likeness (QED) is 0.479. The summed E-state index contributed by atoms with van der Waals surface area (Å²) in [5.41, 5.74) is 12.9. The average molecular weight is 436 g/mol. The second-order valence-electron chi connectivity index (χ2n) is 7.95. The van der Waals surface area contributed by atoms with E-state index in [2.05, 4.69) is 65.1 Å². The van der Waals surface area contributed by atoms with Gasteiger partial charge in [-0.3, -0.25) is 4.99 Å². The monoisotopic (exact) mass is 435 g/mol. The molecule has 1 fully saturated rings. The number of carbonyl (C=O) groups excluding carboxylic acids is 1. The summed E-state index contributed by atoms with van der Waals surface area (Å²) in [6.07, 6.45) is 5.82. The molecule has 2 atom stereocenters. The van der Waals surface area contributed by atoms with Gasteiger partial charge in [0.25, 0.3) is 0 Å². The smallest absolute Gasteiger partial charge is 0.133 e. The number of benzene rings is 1. The lowest BCUT2D eigenvalue weighted by Gasteiger charge is -2.12. The molecule has 7 heteroatoms. The number of alkyl halides is 1. The Morgan fingerprint density at radius 1 is 1.41 bits per heavy atom. The first kappa shape index (κ1) is 23.3. The number of anilines is 2. The fourth-order valence-electron chi connectivity index (χ4n) is 3.62. The van der Waals surface area contributed by atoms with Crippen LogP contribution in [0.25, 0.3) is 23.5 Å². The molecule has 168 valence electrons. The minimum atomic E-state index is -0.803. The van der Waals surface area contributed by atoms with Crippen molar-refractivity contribution in [3.8, 4) is 11.3 Å². The second kappa shape index (κ2) is 10.3. The zero-order chi connectivity index (χ0) is 23.3. The third-order valence-corrected chi connectivity index (χ3v) is 5.50. The minimum absolute atomic E-state index is 0.245. The Morgan fingerprint density at radius 3 is 2.72 bits per heavy atom. The van der Waals surface area contributed by atoms with E-state index in [-0.39, 0.29) is 5.92 Å². The van der Waals surface area contributed by atoms with Crippen molar-refractivity contribution in [1.82, 2.24) is 10.3 Å². The number of halogens is 1. The molecule has 0 amide bonds. The maximum atomic E-state index is 11.5. The number of nitrogens with two attached hydrogens (primary N) is 1. The van der Waals surface area contributed by atoms with E-state index in [0.29, 0.717) is 18.5 Å². The van der Waals surface area contributed by atoms with Gasteiger partial charge in [-0.1, -0.05) is 19.6 Å². The van der Waals surface area contributed by atoms with Gasteiger partial charge in [0.2, 0.25) is 0 Å². The van der Waals surface area contributed by atoms with Gasteiger partial charge in [0.05, 0.1) is 5.69 Å². The number of hydrogen-bond acceptors (Lipinski definition) is 6. The van der Waals surface area contributed by atoms with Crippen molar-refractivity contribution in [3.63, 3.8) is 0 Å². The lowest BCUT2D eigenvalue weighted by atomic mass is 9.97. The second-order valence-corrected chi connectivity index (χ2v) is 7.95. The van der Waals surface area contributed by atoms with Crippen LogP contribution in [0.2, 0.25) is 0 Å². The van der Waals surface area contributed by atoms with E-state index in [4.69, 9.17) is 5.73 Å². The summed E-state index contributed by atoms with van der Waals surface area (Å²) in [4.78, 5) is 18.1. The summed E-state index contributed by atoms with van der Waals surface area (Å²) in [7, 11) is 1.91. The Morgan fingerprint density at radius 2 is 2.16 bits per heavy atom. The highest BCUT2D eigenvalue weighted by atomic mass is 19.1. The predicted octanol–water partition coefficient (Wildman–Crippen LogP) is 2.36. The van der Waals surface area contributed by atoms with Crippen molar-refractivity contribution in [3.05, 3.63) is 52.0 Å². The number of fused-ring (bicyclic) bond motifs is 1. The molecule has 0 radical (unpaired) electrons. The van der Waals surface area contributed by atoms with Crippen molar-refractivity contribution in [2.45, 2.75) is 32.4 Å². The fraction of sp³-hybridized carbons (Fsp3) is 0.320. The number of nitrogens with one attached hydrogen (secondary N) is 2. The highest BCUT2D eigenvalue weighted by molar-refractivity contribution is 5.74. The summed E-state index contributed by atoms with van der Waals surface area (Å²) in [5.74, 6) is 0.215. The largest absolute Gasteiger partial charge is 0.383 e. The van der Waals surface area contributed by atoms with Gasteiger partial charge in [-0.05, 0) is 61.2 Å². The number of hydrogen-bond donors (Lipinski definition) is 3. The number of aldehydes is 1. The molecule has 1 saturated carbocycles. The van der Waals surface area contributed by atoms with Crippen LogP contribution in [0.15, 0.2) is 35.5 Å². The lowest BCUT2D eigenvalue weighted by Crippen LogP contribution is -2.30. The molecule has 1 aliphatic heterocycles. The highest BCUT2D eigenvalue weighted by Gasteiger charge is 2.36. The van der Waals surface area contributed by atoms with Gasteiger partial charge in [0.1, 0.15) is 18.3 Å². The summed E-state index contributed by atoms with van der Waals surface area (Å²) < 4.78 is 11.5. The van der Waals surface area contributed by atoms with E-state index >= 15 is 0 Å². The van der Waals surface area contributed by atoms with Crippen LogP contribution in [0.4, 0.5) is 15.9 Å². The lowest BCUT2D eigenvalue weighted by molar-refractivity contribution is -0.109. The highest BCUT2D eigenvalue weighted by Crippen LogP contribution is 2.34. The van der Waals surface area contributed by atoms with Gasteiger partial charge in [0.15, 0.2) is 0 Å². The summed E-state index contributed by atoms with van der Waals surface area (Å²) >= 11 is 0. The van der Waals surface area contributed by atoms with Crippen LogP contribution in [0, 0.1) is 5.92 Å². The molecule has 6 nitrogen and oxygen atoms in total. The number of nitrogen functional groups attached to an aromatic ring is 1.